The molecule has 27 heavy (non-hydrogen) atoms. The lowest BCUT2D eigenvalue weighted by atomic mass is 10.2. The number of nitrogens with one attached hydrogen (secondary N) is 2. The van der Waals surface area contributed by atoms with E-state index >= 15 is 0 Å². The average molecular weight is 484 g/mol. The first-order valence-corrected chi connectivity index (χ1v) is 8.90. The fourth-order valence-electron chi connectivity index (χ4n) is 3.04. The van der Waals surface area contributed by atoms with Gasteiger partial charge in [0.1, 0.15) is 0 Å². The van der Waals surface area contributed by atoms with Crippen LogP contribution in [0.1, 0.15) is 17.7 Å². The van der Waals surface area contributed by atoms with Gasteiger partial charge in [0.15, 0.2) is 17.6 Å². The van der Waals surface area contributed by atoms with Gasteiger partial charge >= 0.3 is 0 Å². The van der Waals surface area contributed by atoms with Crippen LogP contribution < -0.4 is 15.5 Å². The molecule has 0 aliphatic carbocycles. The molecule has 2 aromatic rings. The maximum Gasteiger partial charge on any atom is 0.191 e. The quantitative estimate of drug-likeness (QED) is 0.388. The molecule has 2 aromatic heterocycles. The predicted molar refractivity (Wildman–Crippen MR) is 117 cm³/mol. The molecule has 0 radical (unpaired) electrons. The fourth-order valence-corrected chi connectivity index (χ4v) is 3.04. The second kappa shape index (κ2) is 10.4. The number of pyridine rings is 2. The second-order valence-corrected chi connectivity index (χ2v) is 6.44. The maximum atomic E-state index is 13.9. The van der Waals surface area contributed by atoms with E-state index in [0.717, 1.165) is 37.6 Å². The number of aliphatic imine (C=N–C) groups is 1. The van der Waals surface area contributed by atoms with Crippen molar-refractivity contribution in [2.75, 3.05) is 31.6 Å². The summed E-state index contributed by atoms with van der Waals surface area (Å²) >= 11 is 0. The molecule has 0 aromatic carbocycles. The summed E-state index contributed by atoms with van der Waals surface area (Å²) in [5.74, 6) is 0.910. The third-order valence-corrected chi connectivity index (χ3v) is 4.47. The Balaban J connectivity index is 0.00000261. The van der Waals surface area contributed by atoms with E-state index in [-0.39, 0.29) is 35.8 Å². The molecule has 6 nitrogen and oxygen atoms in total. The van der Waals surface area contributed by atoms with Gasteiger partial charge in [-0.3, -0.25) is 9.98 Å². The highest BCUT2D eigenvalue weighted by molar-refractivity contribution is 14.0. The van der Waals surface area contributed by atoms with E-state index in [2.05, 4.69) is 31.7 Å². The molecule has 1 fully saturated rings. The minimum atomic E-state index is -0.276. The van der Waals surface area contributed by atoms with Crippen LogP contribution in [0.25, 0.3) is 0 Å². The highest BCUT2D eigenvalue weighted by Crippen LogP contribution is 2.20. The van der Waals surface area contributed by atoms with E-state index in [1.54, 1.807) is 19.3 Å². The van der Waals surface area contributed by atoms with E-state index in [1.807, 2.05) is 24.1 Å². The molecule has 3 rings (SSSR count). The molecule has 0 spiro atoms. The van der Waals surface area contributed by atoms with Crippen LogP contribution >= 0.6 is 24.0 Å². The van der Waals surface area contributed by atoms with Gasteiger partial charge < -0.3 is 15.5 Å². The zero-order valence-corrected chi connectivity index (χ0v) is 18.0. The van der Waals surface area contributed by atoms with Gasteiger partial charge in [0.05, 0.1) is 0 Å². The van der Waals surface area contributed by atoms with Crippen molar-refractivity contribution in [2.24, 2.45) is 4.99 Å². The van der Waals surface area contributed by atoms with Crippen molar-refractivity contribution < 1.29 is 4.39 Å². The molecule has 2 N–H and O–H groups in total. The molecule has 1 atom stereocenters. The summed E-state index contributed by atoms with van der Waals surface area (Å²) in [6.45, 7) is 4.24. The fraction of sp³-hybridized carbons (Fsp3) is 0.421. The smallest absolute Gasteiger partial charge is 0.191 e. The van der Waals surface area contributed by atoms with Gasteiger partial charge in [0.2, 0.25) is 0 Å². The Kier molecular flexibility index (Phi) is 8.21. The average Bonchev–Trinajstić information content (AvgIpc) is 3.11. The van der Waals surface area contributed by atoms with Crippen LogP contribution in [0, 0.1) is 12.7 Å². The molecular weight excluding hydrogens is 458 g/mol. The molecule has 1 aliphatic rings. The highest BCUT2D eigenvalue weighted by atomic mass is 127. The van der Waals surface area contributed by atoms with Crippen molar-refractivity contribution in [3.8, 4) is 0 Å². The zero-order valence-electron chi connectivity index (χ0n) is 15.7. The maximum absolute atomic E-state index is 13.9. The van der Waals surface area contributed by atoms with Crippen molar-refractivity contribution in [1.29, 1.82) is 0 Å². The third-order valence-electron chi connectivity index (χ3n) is 4.47. The van der Waals surface area contributed by atoms with E-state index in [0.29, 0.717) is 12.4 Å². The molecular formula is C19H26FIN6. The predicted octanol–water partition coefficient (Wildman–Crippen LogP) is 2.53. The Labute approximate surface area is 176 Å². The lowest BCUT2D eigenvalue weighted by Crippen LogP contribution is -2.45. The summed E-state index contributed by atoms with van der Waals surface area (Å²) in [5.41, 5.74) is 2.21. The van der Waals surface area contributed by atoms with Crippen LogP contribution in [0.15, 0.2) is 41.7 Å². The van der Waals surface area contributed by atoms with Gasteiger partial charge in [-0.25, -0.2) is 9.37 Å². The Bertz CT molecular complexity index is 752. The minimum absolute atomic E-state index is 0. The van der Waals surface area contributed by atoms with Crippen molar-refractivity contribution in [2.45, 2.75) is 25.8 Å². The molecule has 0 amide bonds. The van der Waals surface area contributed by atoms with Crippen LogP contribution in [0.2, 0.25) is 0 Å². The molecule has 3 heterocycles. The number of aryl methyl sites for hydroxylation is 1. The van der Waals surface area contributed by atoms with Crippen LogP contribution in [-0.4, -0.2) is 48.7 Å². The first kappa shape index (κ1) is 21.3. The number of hydrogen-bond donors (Lipinski definition) is 2. The number of halogens is 2. The van der Waals surface area contributed by atoms with Gasteiger partial charge in [-0.1, -0.05) is 6.07 Å². The van der Waals surface area contributed by atoms with Crippen LogP contribution in [-0.2, 0) is 6.42 Å². The first-order valence-electron chi connectivity index (χ1n) is 8.90. The van der Waals surface area contributed by atoms with Crippen LogP contribution in [0.4, 0.5) is 10.2 Å². The summed E-state index contributed by atoms with van der Waals surface area (Å²) in [4.78, 5) is 14.7. The van der Waals surface area contributed by atoms with Gasteiger partial charge in [-0.15, -0.1) is 24.0 Å². The Hall–Kier alpha value is -1.97. The second-order valence-electron chi connectivity index (χ2n) is 6.44. The van der Waals surface area contributed by atoms with Crippen molar-refractivity contribution in [3.63, 3.8) is 0 Å². The first-order chi connectivity index (χ1) is 12.7. The van der Waals surface area contributed by atoms with Crippen LogP contribution in [0.3, 0.4) is 0 Å². The standard InChI is InChI=1S/C19H25FN6.HI/c1-14-5-6-15(12-24-14)7-10-23-19(21-2)25-16-8-11-26(13-16)18-17(20)4-3-9-22-18;/h3-6,9,12,16H,7-8,10-11,13H2,1-2H3,(H2,21,23,25);1H. The Morgan fingerprint density at radius 3 is 2.89 bits per heavy atom. The lowest BCUT2D eigenvalue weighted by Gasteiger charge is -2.20. The summed E-state index contributed by atoms with van der Waals surface area (Å²) in [6.07, 6.45) is 5.32. The topological polar surface area (TPSA) is 65.4 Å². The molecule has 0 saturated carbocycles. The van der Waals surface area contributed by atoms with Gasteiger partial charge in [0, 0.05) is 50.8 Å². The summed E-state index contributed by atoms with van der Waals surface area (Å²) in [7, 11) is 1.76. The third kappa shape index (κ3) is 6.02. The molecule has 0 bridgehead atoms. The summed E-state index contributed by atoms with van der Waals surface area (Å²) < 4.78 is 13.9. The van der Waals surface area contributed by atoms with Crippen LogP contribution in [0.5, 0.6) is 0 Å². The molecule has 146 valence electrons. The van der Waals surface area contributed by atoms with E-state index in [9.17, 15) is 4.39 Å². The zero-order chi connectivity index (χ0) is 18.4. The van der Waals surface area contributed by atoms with E-state index in [1.165, 1.54) is 11.6 Å². The van der Waals surface area contributed by atoms with Gasteiger partial charge in [-0.2, -0.15) is 0 Å². The molecule has 1 unspecified atom stereocenters. The Morgan fingerprint density at radius 2 is 2.19 bits per heavy atom. The number of guanidine groups is 1. The SMILES string of the molecule is CN=C(NCCc1ccc(C)nc1)NC1CCN(c2ncccc2F)C1.I. The van der Waals surface area contributed by atoms with Crippen molar-refractivity contribution in [3.05, 3.63) is 53.7 Å². The summed E-state index contributed by atoms with van der Waals surface area (Å²) in [5, 5.41) is 6.74. The largest absolute Gasteiger partial charge is 0.356 e. The van der Waals surface area contributed by atoms with Crippen molar-refractivity contribution >= 4 is 35.8 Å². The van der Waals surface area contributed by atoms with E-state index < -0.39 is 0 Å². The Morgan fingerprint density at radius 1 is 1.33 bits per heavy atom. The highest BCUT2D eigenvalue weighted by Gasteiger charge is 2.25. The van der Waals surface area contributed by atoms with Gasteiger partial charge in [-0.05, 0) is 43.5 Å². The molecule has 1 aliphatic heterocycles. The summed E-state index contributed by atoms with van der Waals surface area (Å²) in [6, 6.07) is 7.38. The number of hydrogen-bond acceptors (Lipinski definition) is 4. The molecule has 1 saturated heterocycles. The monoisotopic (exact) mass is 484 g/mol. The number of anilines is 1. The van der Waals surface area contributed by atoms with E-state index in [4.69, 9.17) is 0 Å². The van der Waals surface area contributed by atoms with Crippen molar-refractivity contribution in [1.82, 2.24) is 20.6 Å². The van der Waals surface area contributed by atoms with Gasteiger partial charge in [0.25, 0.3) is 0 Å². The number of nitrogens with zero attached hydrogens (tertiary/aromatic N) is 4. The lowest BCUT2D eigenvalue weighted by molar-refractivity contribution is 0.612. The normalized spacial score (nSPS) is 16.8. The number of rotatable bonds is 5. The minimum Gasteiger partial charge on any atom is -0.356 e. The molecule has 8 heteroatoms. The number of aromatic nitrogens is 2.